The van der Waals surface area contributed by atoms with E-state index in [0.29, 0.717) is 0 Å². The molecular formula is C9H17IN2. The SMILES string of the molecule is CCCCCCc1ncc[nH]1.I. The minimum absolute atomic E-state index is 0. The molecule has 0 unspecified atom stereocenters. The zero-order valence-electron chi connectivity index (χ0n) is 7.55. The molecule has 0 aromatic carbocycles. The predicted molar refractivity (Wildman–Crippen MR) is 61.8 cm³/mol. The van der Waals surface area contributed by atoms with Crippen molar-refractivity contribution in [1.82, 2.24) is 9.97 Å². The maximum absolute atomic E-state index is 4.16. The van der Waals surface area contributed by atoms with Crippen molar-refractivity contribution in [3.05, 3.63) is 18.2 Å². The molecule has 0 spiro atoms. The molecule has 0 aliphatic rings. The Labute approximate surface area is 91.2 Å². The van der Waals surface area contributed by atoms with E-state index in [2.05, 4.69) is 16.9 Å². The number of hydrogen-bond donors (Lipinski definition) is 1. The Morgan fingerprint density at radius 2 is 2.17 bits per heavy atom. The molecule has 3 heteroatoms. The summed E-state index contributed by atoms with van der Waals surface area (Å²) < 4.78 is 0. The van der Waals surface area contributed by atoms with E-state index in [0.717, 1.165) is 12.2 Å². The molecule has 12 heavy (non-hydrogen) atoms. The molecule has 0 saturated heterocycles. The van der Waals surface area contributed by atoms with E-state index in [1.165, 1.54) is 25.7 Å². The molecule has 2 nitrogen and oxygen atoms in total. The average Bonchev–Trinajstić information content (AvgIpc) is 2.50. The van der Waals surface area contributed by atoms with E-state index >= 15 is 0 Å². The molecule has 1 N–H and O–H groups in total. The van der Waals surface area contributed by atoms with E-state index in [4.69, 9.17) is 0 Å². The second kappa shape index (κ2) is 7.58. The van der Waals surface area contributed by atoms with Gasteiger partial charge in [-0.2, -0.15) is 0 Å². The Hall–Kier alpha value is -0.0600. The molecule has 0 fully saturated rings. The predicted octanol–water partition coefficient (Wildman–Crippen LogP) is 3.15. The van der Waals surface area contributed by atoms with Crippen molar-refractivity contribution in [3.8, 4) is 0 Å². The average molecular weight is 280 g/mol. The summed E-state index contributed by atoms with van der Waals surface area (Å²) in [6, 6.07) is 0. The number of halogens is 1. The summed E-state index contributed by atoms with van der Waals surface area (Å²) >= 11 is 0. The molecule has 1 aromatic heterocycles. The maximum atomic E-state index is 4.16. The van der Waals surface area contributed by atoms with E-state index < -0.39 is 0 Å². The molecule has 1 aromatic rings. The van der Waals surface area contributed by atoms with Crippen LogP contribution in [0.15, 0.2) is 12.4 Å². The van der Waals surface area contributed by atoms with Crippen LogP contribution in [0, 0.1) is 0 Å². The lowest BCUT2D eigenvalue weighted by Gasteiger charge is -1.95. The minimum Gasteiger partial charge on any atom is -0.349 e. The molecular weight excluding hydrogens is 263 g/mol. The Balaban J connectivity index is 0.00000121. The highest BCUT2D eigenvalue weighted by molar-refractivity contribution is 14.0. The summed E-state index contributed by atoms with van der Waals surface area (Å²) in [5.74, 6) is 1.13. The van der Waals surface area contributed by atoms with E-state index in [9.17, 15) is 0 Å². The van der Waals surface area contributed by atoms with Gasteiger partial charge in [0.2, 0.25) is 0 Å². The first kappa shape index (κ1) is 11.9. The highest BCUT2D eigenvalue weighted by Crippen LogP contribution is 2.02. The number of aromatic amines is 1. The number of nitrogens with zero attached hydrogens (tertiary/aromatic N) is 1. The summed E-state index contributed by atoms with van der Waals surface area (Å²) in [5, 5.41) is 0. The zero-order valence-corrected chi connectivity index (χ0v) is 9.88. The zero-order chi connectivity index (χ0) is 7.94. The van der Waals surface area contributed by atoms with Crippen molar-refractivity contribution in [2.45, 2.75) is 39.0 Å². The molecule has 0 radical (unpaired) electrons. The molecule has 0 bridgehead atoms. The van der Waals surface area contributed by atoms with Gasteiger partial charge in [-0.1, -0.05) is 26.2 Å². The van der Waals surface area contributed by atoms with Crippen LogP contribution in [0.25, 0.3) is 0 Å². The third-order valence-corrected chi connectivity index (χ3v) is 1.82. The maximum Gasteiger partial charge on any atom is 0.105 e. The van der Waals surface area contributed by atoms with Crippen LogP contribution in [0.4, 0.5) is 0 Å². The van der Waals surface area contributed by atoms with Crippen molar-refractivity contribution >= 4 is 24.0 Å². The first-order valence-corrected chi connectivity index (χ1v) is 4.41. The molecule has 0 amide bonds. The second-order valence-corrected chi connectivity index (χ2v) is 2.85. The summed E-state index contributed by atoms with van der Waals surface area (Å²) in [7, 11) is 0. The molecule has 1 heterocycles. The van der Waals surface area contributed by atoms with Crippen LogP contribution >= 0.6 is 24.0 Å². The van der Waals surface area contributed by atoms with Crippen LogP contribution < -0.4 is 0 Å². The van der Waals surface area contributed by atoms with Gasteiger partial charge in [-0.15, -0.1) is 24.0 Å². The Kier molecular flexibility index (Phi) is 7.54. The number of nitrogens with one attached hydrogen (secondary N) is 1. The first-order valence-electron chi connectivity index (χ1n) is 4.41. The van der Waals surface area contributed by atoms with Crippen LogP contribution in [0.5, 0.6) is 0 Å². The molecule has 70 valence electrons. The lowest BCUT2D eigenvalue weighted by molar-refractivity contribution is 0.655. The quantitative estimate of drug-likeness (QED) is 0.651. The van der Waals surface area contributed by atoms with Gasteiger partial charge in [0.1, 0.15) is 5.82 Å². The third-order valence-electron chi connectivity index (χ3n) is 1.82. The number of imidazole rings is 1. The van der Waals surface area contributed by atoms with Crippen LogP contribution in [0.1, 0.15) is 38.4 Å². The molecule has 1 rings (SSSR count). The van der Waals surface area contributed by atoms with Gasteiger partial charge in [0.25, 0.3) is 0 Å². The minimum atomic E-state index is 0. The molecule has 0 aliphatic heterocycles. The summed E-state index contributed by atoms with van der Waals surface area (Å²) in [6.45, 7) is 2.23. The second-order valence-electron chi connectivity index (χ2n) is 2.85. The topological polar surface area (TPSA) is 28.7 Å². The van der Waals surface area contributed by atoms with Crippen molar-refractivity contribution in [2.24, 2.45) is 0 Å². The van der Waals surface area contributed by atoms with Gasteiger partial charge in [0.05, 0.1) is 0 Å². The van der Waals surface area contributed by atoms with E-state index in [1.807, 2.05) is 12.4 Å². The fraction of sp³-hybridized carbons (Fsp3) is 0.667. The Morgan fingerprint density at radius 1 is 1.33 bits per heavy atom. The van der Waals surface area contributed by atoms with Crippen LogP contribution in [-0.2, 0) is 6.42 Å². The number of aromatic nitrogens is 2. The highest BCUT2D eigenvalue weighted by atomic mass is 127. The monoisotopic (exact) mass is 280 g/mol. The lowest BCUT2D eigenvalue weighted by atomic mass is 10.1. The van der Waals surface area contributed by atoms with Crippen LogP contribution in [0.2, 0.25) is 0 Å². The Bertz CT molecular complexity index is 173. The van der Waals surface area contributed by atoms with Crippen molar-refractivity contribution in [1.29, 1.82) is 0 Å². The molecule has 0 saturated carbocycles. The summed E-state index contributed by atoms with van der Waals surface area (Å²) in [4.78, 5) is 7.26. The van der Waals surface area contributed by atoms with E-state index in [1.54, 1.807) is 0 Å². The number of unbranched alkanes of at least 4 members (excludes halogenated alkanes) is 3. The van der Waals surface area contributed by atoms with Crippen molar-refractivity contribution in [2.75, 3.05) is 0 Å². The van der Waals surface area contributed by atoms with Gasteiger partial charge in [-0.05, 0) is 6.42 Å². The van der Waals surface area contributed by atoms with E-state index in [-0.39, 0.29) is 24.0 Å². The number of rotatable bonds is 5. The number of aryl methyl sites for hydroxylation is 1. The normalized spacial score (nSPS) is 9.42. The molecule has 0 aliphatic carbocycles. The van der Waals surface area contributed by atoms with Gasteiger partial charge in [0.15, 0.2) is 0 Å². The third kappa shape index (κ3) is 4.74. The summed E-state index contributed by atoms with van der Waals surface area (Å²) in [5.41, 5.74) is 0. The smallest absolute Gasteiger partial charge is 0.105 e. The summed E-state index contributed by atoms with van der Waals surface area (Å²) in [6.07, 6.45) is 10.1. The number of hydrogen-bond acceptors (Lipinski definition) is 1. The first-order chi connectivity index (χ1) is 5.43. The number of H-pyrrole nitrogens is 1. The van der Waals surface area contributed by atoms with Gasteiger partial charge >= 0.3 is 0 Å². The standard InChI is InChI=1S/C9H16N2.HI/c1-2-3-4-5-6-9-10-7-8-11-9;/h7-8H,2-6H2,1H3,(H,10,11);1H. The highest BCUT2D eigenvalue weighted by Gasteiger charge is 1.92. The lowest BCUT2D eigenvalue weighted by Crippen LogP contribution is -1.87. The fourth-order valence-corrected chi connectivity index (χ4v) is 1.15. The van der Waals surface area contributed by atoms with Crippen molar-refractivity contribution in [3.63, 3.8) is 0 Å². The van der Waals surface area contributed by atoms with Gasteiger partial charge in [0, 0.05) is 18.8 Å². The Morgan fingerprint density at radius 3 is 2.75 bits per heavy atom. The van der Waals surface area contributed by atoms with Gasteiger partial charge < -0.3 is 4.98 Å². The van der Waals surface area contributed by atoms with Gasteiger partial charge in [-0.25, -0.2) is 4.98 Å². The van der Waals surface area contributed by atoms with Gasteiger partial charge in [-0.3, -0.25) is 0 Å². The largest absolute Gasteiger partial charge is 0.349 e. The fourth-order valence-electron chi connectivity index (χ4n) is 1.15. The molecule has 0 atom stereocenters. The van der Waals surface area contributed by atoms with Crippen LogP contribution in [0.3, 0.4) is 0 Å². The van der Waals surface area contributed by atoms with Crippen molar-refractivity contribution < 1.29 is 0 Å². The van der Waals surface area contributed by atoms with Crippen LogP contribution in [-0.4, -0.2) is 9.97 Å².